The Balaban J connectivity index is 2.59. The van der Waals surface area contributed by atoms with E-state index in [0.29, 0.717) is 17.6 Å². The maximum absolute atomic E-state index is 12.1. The first-order chi connectivity index (χ1) is 8.47. The second-order valence-corrected chi connectivity index (χ2v) is 6.88. The average molecular weight is 290 g/mol. The lowest BCUT2D eigenvalue weighted by molar-refractivity contribution is 0.520. The van der Waals surface area contributed by atoms with E-state index < -0.39 is 9.84 Å². The Bertz CT molecular complexity index is 474. The van der Waals surface area contributed by atoms with Crippen LogP contribution < -0.4 is 5.32 Å². The Morgan fingerprint density at radius 2 is 2.00 bits per heavy atom. The molecule has 0 saturated heterocycles. The van der Waals surface area contributed by atoms with E-state index in [1.165, 1.54) is 0 Å². The van der Waals surface area contributed by atoms with Crippen molar-refractivity contribution in [2.45, 2.75) is 37.6 Å². The van der Waals surface area contributed by atoms with Crippen molar-refractivity contribution < 1.29 is 8.42 Å². The molecule has 1 rings (SSSR count). The van der Waals surface area contributed by atoms with Gasteiger partial charge in [0.25, 0.3) is 0 Å². The molecule has 1 unspecified atom stereocenters. The number of halogens is 1. The van der Waals surface area contributed by atoms with Gasteiger partial charge in [0.05, 0.1) is 15.7 Å². The monoisotopic (exact) mass is 289 g/mol. The zero-order chi connectivity index (χ0) is 13.6. The largest absolute Gasteiger partial charge is 0.313 e. The molecule has 0 aliphatic carbocycles. The number of sulfone groups is 1. The van der Waals surface area contributed by atoms with Gasteiger partial charge in [-0.1, -0.05) is 37.1 Å². The van der Waals surface area contributed by atoms with Gasteiger partial charge in [0.15, 0.2) is 9.84 Å². The first kappa shape index (κ1) is 15.5. The van der Waals surface area contributed by atoms with Crippen LogP contribution in [-0.4, -0.2) is 26.8 Å². The quantitative estimate of drug-likeness (QED) is 0.839. The van der Waals surface area contributed by atoms with E-state index in [9.17, 15) is 8.42 Å². The summed E-state index contributed by atoms with van der Waals surface area (Å²) in [6, 6.07) is 6.90. The molecular formula is C13H20ClNO2S. The number of hydrogen-bond acceptors (Lipinski definition) is 3. The molecule has 0 saturated carbocycles. The summed E-state index contributed by atoms with van der Waals surface area (Å²) in [4.78, 5) is 0.219. The summed E-state index contributed by atoms with van der Waals surface area (Å²) in [6.45, 7) is 4.62. The highest BCUT2D eigenvalue weighted by Gasteiger charge is 2.17. The summed E-state index contributed by atoms with van der Waals surface area (Å²) >= 11 is 5.90. The van der Waals surface area contributed by atoms with Crippen LogP contribution >= 0.6 is 11.6 Å². The number of nitrogens with one attached hydrogen (secondary N) is 1. The molecule has 5 heteroatoms. The highest BCUT2D eigenvalue weighted by atomic mass is 35.5. The van der Waals surface area contributed by atoms with Gasteiger partial charge in [-0.05, 0) is 25.5 Å². The fourth-order valence-electron chi connectivity index (χ4n) is 1.78. The summed E-state index contributed by atoms with van der Waals surface area (Å²) in [6.07, 6.45) is 2.14. The van der Waals surface area contributed by atoms with Gasteiger partial charge in [0.2, 0.25) is 0 Å². The van der Waals surface area contributed by atoms with Gasteiger partial charge in [0, 0.05) is 12.6 Å². The van der Waals surface area contributed by atoms with Crippen molar-refractivity contribution in [1.29, 1.82) is 0 Å². The molecule has 0 spiro atoms. The van der Waals surface area contributed by atoms with Crippen molar-refractivity contribution in [3.63, 3.8) is 0 Å². The molecule has 0 fully saturated rings. The molecule has 3 nitrogen and oxygen atoms in total. The molecule has 0 aliphatic rings. The predicted molar refractivity (Wildman–Crippen MR) is 75.9 cm³/mol. The van der Waals surface area contributed by atoms with E-state index in [4.69, 9.17) is 11.6 Å². The molecule has 0 heterocycles. The van der Waals surface area contributed by atoms with Crippen molar-refractivity contribution in [2.24, 2.45) is 0 Å². The normalized spacial score (nSPS) is 13.5. The topological polar surface area (TPSA) is 46.2 Å². The lowest BCUT2D eigenvalue weighted by Crippen LogP contribution is -2.30. The van der Waals surface area contributed by atoms with Crippen LogP contribution in [0.4, 0.5) is 0 Å². The van der Waals surface area contributed by atoms with Crippen LogP contribution in [0.2, 0.25) is 5.02 Å². The zero-order valence-electron chi connectivity index (χ0n) is 10.8. The lowest BCUT2D eigenvalue weighted by atomic mass is 10.2. The minimum atomic E-state index is -3.30. The van der Waals surface area contributed by atoms with Crippen LogP contribution in [0.5, 0.6) is 0 Å². The Morgan fingerprint density at radius 3 is 2.61 bits per heavy atom. The number of benzene rings is 1. The third-order valence-corrected chi connectivity index (χ3v) is 4.97. The second-order valence-electron chi connectivity index (χ2n) is 4.39. The Labute approximate surface area is 114 Å². The van der Waals surface area contributed by atoms with Gasteiger partial charge in [0.1, 0.15) is 0 Å². The minimum Gasteiger partial charge on any atom is -0.313 e. The molecule has 1 atom stereocenters. The van der Waals surface area contributed by atoms with Crippen LogP contribution in [0.1, 0.15) is 26.7 Å². The fraction of sp³-hybridized carbons (Fsp3) is 0.538. The fourth-order valence-corrected chi connectivity index (χ4v) is 3.53. The summed E-state index contributed by atoms with van der Waals surface area (Å²) in [7, 11) is -3.30. The van der Waals surface area contributed by atoms with E-state index >= 15 is 0 Å². The van der Waals surface area contributed by atoms with Crippen LogP contribution in [0.3, 0.4) is 0 Å². The molecule has 0 radical (unpaired) electrons. The van der Waals surface area contributed by atoms with E-state index in [2.05, 4.69) is 19.2 Å². The summed E-state index contributed by atoms with van der Waals surface area (Å²) in [5.41, 5.74) is 0. The van der Waals surface area contributed by atoms with Gasteiger partial charge in [-0.25, -0.2) is 8.42 Å². The van der Waals surface area contributed by atoms with Crippen molar-refractivity contribution in [3.05, 3.63) is 29.3 Å². The molecule has 0 aliphatic heterocycles. The molecule has 1 N–H and O–H groups in total. The molecular weight excluding hydrogens is 270 g/mol. The van der Waals surface area contributed by atoms with E-state index in [1.54, 1.807) is 24.3 Å². The van der Waals surface area contributed by atoms with Crippen molar-refractivity contribution in [3.8, 4) is 0 Å². The molecule has 0 amide bonds. The van der Waals surface area contributed by atoms with Crippen molar-refractivity contribution in [1.82, 2.24) is 5.32 Å². The Kier molecular flexibility index (Phi) is 6.12. The maximum Gasteiger partial charge on any atom is 0.181 e. The highest BCUT2D eigenvalue weighted by molar-refractivity contribution is 7.91. The Morgan fingerprint density at radius 1 is 1.33 bits per heavy atom. The second kappa shape index (κ2) is 7.12. The third-order valence-electron chi connectivity index (χ3n) is 2.76. The first-order valence-electron chi connectivity index (χ1n) is 6.18. The standard InChI is InChI=1S/C13H20ClNO2S/c1-3-6-11(2)15-9-10-18(16,17)13-8-5-4-7-12(13)14/h4-5,7-8,11,15H,3,6,9-10H2,1-2H3. The summed E-state index contributed by atoms with van der Waals surface area (Å²) in [5.74, 6) is 0.0742. The highest BCUT2D eigenvalue weighted by Crippen LogP contribution is 2.21. The number of rotatable bonds is 7. The molecule has 0 bridgehead atoms. The first-order valence-corrected chi connectivity index (χ1v) is 8.21. The van der Waals surface area contributed by atoms with E-state index in [-0.39, 0.29) is 10.6 Å². The van der Waals surface area contributed by atoms with Gasteiger partial charge in [-0.3, -0.25) is 0 Å². The molecule has 1 aromatic rings. The maximum atomic E-state index is 12.1. The summed E-state index contributed by atoms with van der Waals surface area (Å²) in [5, 5.41) is 3.50. The summed E-state index contributed by atoms with van der Waals surface area (Å²) < 4.78 is 24.1. The van der Waals surface area contributed by atoms with Gasteiger partial charge < -0.3 is 5.32 Å². The molecule has 18 heavy (non-hydrogen) atoms. The SMILES string of the molecule is CCCC(C)NCCS(=O)(=O)c1ccccc1Cl. The van der Waals surface area contributed by atoms with Crippen molar-refractivity contribution >= 4 is 21.4 Å². The molecule has 1 aromatic carbocycles. The van der Waals surface area contributed by atoms with E-state index in [1.807, 2.05) is 0 Å². The lowest BCUT2D eigenvalue weighted by Gasteiger charge is -2.13. The minimum absolute atomic E-state index is 0.0742. The third kappa shape index (κ3) is 4.59. The zero-order valence-corrected chi connectivity index (χ0v) is 12.4. The van der Waals surface area contributed by atoms with Crippen LogP contribution in [-0.2, 0) is 9.84 Å². The Hall–Kier alpha value is -0.580. The predicted octanol–water partition coefficient (Wildman–Crippen LogP) is 2.89. The van der Waals surface area contributed by atoms with Crippen LogP contribution in [0, 0.1) is 0 Å². The van der Waals surface area contributed by atoms with Crippen molar-refractivity contribution in [2.75, 3.05) is 12.3 Å². The number of hydrogen-bond donors (Lipinski definition) is 1. The van der Waals surface area contributed by atoms with Gasteiger partial charge in [-0.15, -0.1) is 0 Å². The molecule has 102 valence electrons. The van der Waals surface area contributed by atoms with Crippen LogP contribution in [0.25, 0.3) is 0 Å². The van der Waals surface area contributed by atoms with Crippen LogP contribution in [0.15, 0.2) is 29.2 Å². The smallest absolute Gasteiger partial charge is 0.181 e. The molecule has 0 aromatic heterocycles. The average Bonchev–Trinajstić information content (AvgIpc) is 2.29. The van der Waals surface area contributed by atoms with E-state index in [0.717, 1.165) is 12.8 Å². The van der Waals surface area contributed by atoms with Gasteiger partial charge >= 0.3 is 0 Å². The van der Waals surface area contributed by atoms with Gasteiger partial charge in [-0.2, -0.15) is 0 Å².